The van der Waals surface area contributed by atoms with Crippen molar-refractivity contribution in [2.75, 3.05) is 21.2 Å². The summed E-state index contributed by atoms with van der Waals surface area (Å²) in [6, 6.07) is 14.1. The van der Waals surface area contributed by atoms with Gasteiger partial charge in [0.1, 0.15) is 5.75 Å². The van der Waals surface area contributed by atoms with Gasteiger partial charge in [0.15, 0.2) is 5.78 Å². The van der Waals surface area contributed by atoms with Crippen molar-refractivity contribution in [2.24, 2.45) is 0 Å². The Kier molecular flexibility index (Phi) is 5.22. The molecule has 2 aromatic carbocycles. The number of nitrogens with zero attached hydrogens (tertiary/aromatic N) is 1. The molecule has 1 amide bonds. The number of methoxy groups -OCH3 is 1. The maximum absolute atomic E-state index is 12.6. The SMILES string of the molecule is COc1ccc(C(=O)c2ccccc2)c(SC(=O)N(C)C)c1. The molecule has 2 aromatic rings. The number of amides is 1. The Balaban J connectivity index is 2.42. The highest BCUT2D eigenvalue weighted by atomic mass is 32.2. The van der Waals surface area contributed by atoms with Gasteiger partial charge in [0, 0.05) is 30.1 Å². The van der Waals surface area contributed by atoms with E-state index in [1.807, 2.05) is 18.2 Å². The molecular formula is C17H17NO3S. The molecule has 2 rings (SSSR count). The number of carbonyl (C=O) groups excluding carboxylic acids is 2. The molecule has 0 saturated carbocycles. The third-order valence-corrected chi connectivity index (χ3v) is 4.13. The summed E-state index contributed by atoms with van der Waals surface area (Å²) >= 11 is 1.02. The van der Waals surface area contributed by atoms with Crippen molar-refractivity contribution < 1.29 is 14.3 Å². The summed E-state index contributed by atoms with van der Waals surface area (Å²) in [4.78, 5) is 26.7. The second-order valence-corrected chi connectivity index (χ2v) is 5.81. The van der Waals surface area contributed by atoms with Crippen molar-refractivity contribution in [1.82, 2.24) is 4.90 Å². The molecular weight excluding hydrogens is 298 g/mol. The van der Waals surface area contributed by atoms with Crippen molar-refractivity contribution in [2.45, 2.75) is 4.90 Å². The van der Waals surface area contributed by atoms with E-state index < -0.39 is 0 Å². The molecule has 0 aliphatic heterocycles. The highest BCUT2D eigenvalue weighted by molar-refractivity contribution is 8.13. The summed E-state index contributed by atoms with van der Waals surface area (Å²) in [5.41, 5.74) is 1.08. The van der Waals surface area contributed by atoms with Crippen LogP contribution in [-0.4, -0.2) is 37.1 Å². The van der Waals surface area contributed by atoms with Crippen LogP contribution >= 0.6 is 11.8 Å². The summed E-state index contributed by atoms with van der Waals surface area (Å²) in [7, 11) is 4.90. The van der Waals surface area contributed by atoms with E-state index in [1.54, 1.807) is 51.5 Å². The topological polar surface area (TPSA) is 46.6 Å². The van der Waals surface area contributed by atoms with Gasteiger partial charge >= 0.3 is 0 Å². The monoisotopic (exact) mass is 315 g/mol. The van der Waals surface area contributed by atoms with Gasteiger partial charge < -0.3 is 9.64 Å². The van der Waals surface area contributed by atoms with Crippen LogP contribution < -0.4 is 4.74 Å². The van der Waals surface area contributed by atoms with E-state index in [4.69, 9.17) is 4.74 Å². The van der Waals surface area contributed by atoms with Gasteiger partial charge in [-0.25, -0.2) is 0 Å². The molecule has 0 aromatic heterocycles. The van der Waals surface area contributed by atoms with Gasteiger partial charge in [0.2, 0.25) is 0 Å². The predicted molar refractivity (Wildman–Crippen MR) is 87.8 cm³/mol. The van der Waals surface area contributed by atoms with Crippen LogP contribution in [0.2, 0.25) is 0 Å². The molecule has 0 radical (unpaired) electrons. The number of benzene rings is 2. The summed E-state index contributed by atoms with van der Waals surface area (Å²) in [6.07, 6.45) is 0. The van der Waals surface area contributed by atoms with Crippen LogP contribution in [0.15, 0.2) is 53.4 Å². The second kappa shape index (κ2) is 7.13. The Bertz CT molecular complexity index is 684. The van der Waals surface area contributed by atoms with Crippen LogP contribution in [0.5, 0.6) is 5.75 Å². The minimum absolute atomic E-state index is 0.114. The third-order valence-electron chi connectivity index (χ3n) is 3.03. The molecule has 0 saturated heterocycles. The molecule has 0 fully saturated rings. The first-order valence-corrected chi connectivity index (χ1v) is 7.51. The standard InChI is InChI=1S/C17H17NO3S/c1-18(2)17(20)22-15-11-13(21-3)9-10-14(15)16(19)12-7-5-4-6-8-12/h4-11H,1-3H3. The third kappa shape index (κ3) is 3.68. The van der Waals surface area contributed by atoms with Crippen LogP contribution in [0.25, 0.3) is 0 Å². The lowest BCUT2D eigenvalue weighted by molar-refractivity contribution is 0.103. The van der Waals surface area contributed by atoms with E-state index in [0.717, 1.165) is 11.8 Å². The molecule has 114 valence electrons. The number of rotatable bonds is 4. The number of ketones is 1. The second-order valence-electron chi connectivity index (χ2n) is 4.82. The van der Waals surface area contributed by atoms with Crippen LogP contribution in [0.4, 0.5) is 4.79 Å². The number of hydrogen-bond acceptors (Lipinski definition) is 4. The first kappa shape index (κ1) is 16.1. The average Bonchev–Trinajstić information content (AvgIpc) is 2.54. The predicted octanol–water partition coefficient (Wildman–Crippen LogP) is 3.70. The van der Waals surface area contributed by atoms with Gasteiger partial charge in [0.05, 0.1) is 7.11 Å². The summed E-state index contributed by atoms with van der Waals surface area (Å²) in [6.45, 7) is 0. The fourth-order valence-corrected chi connectivity index (χ4v) is 2.65. The summed E-state index contributed by atoms with van der Waals surface area (Å²) in [5.74, 6) is 0.496. The van der Waals surface area contributed by atoms with Crippen LogP contribution in [0, 0.1) is 0 Å². The van der Waals surface area contributed by atoms with Crippen LogP contribution in [0.3, 0.4) is 0 Å². The molecule has 0 bridgehead atoms. The van der Waals surface area contributed by atoms with Crippen molar-refractivity contribution in [1.29, 1.82) is 0 Å². The number of carbonyl (C=O) groups is 2. The van der Waals surface area contributed by atoms with Crippen molar-refractivity contribution in [3.05, 3.63) is 59.7 Å². The Hall–Kier alpha value is -2.27. The number of thioether (sulfide) groups is 1. The van der Waals surface area contributed by atoms with E-state index in [-0.39, 0.29) is 11.0 Å². The molecule has 0 aliphatic carbocycles. The Morgan fingerprint density at radius 3 is 2.32 bits per heavy atom. The van der Waals surface area contributed by atoms with E-state index in [1.165, 1.54) is 4.90 Å². The van der Waals surface area contributed by atoms with Gasteiger partial charge in [0.25, 0.3) is 5.24 Å². The quantitative estimate of drug-likeness (QED) is 0.637. The zero-order valence-corrected chi connectivity index (χ0v) is 13.5. The molecule has 5 heteroatoms. The lowest BCUT2D eigenvalue weighted by Crippen LogP contribution is -2.16. The maximum Gasteiger partial charge on any atom is 0.285 e. The van der Waals surface area contributed by atoms with E-state index in [0.29, 0.717) is 21.8 Å². The number of hydrogen-bond donors (Lipinski definition) is 0. The minimum Gasteiger partial charge on any atom is -0.497 e. The first-order valence-electron chi connectivity index (χ1n) is 6.70. The summed E-state index contributed by atoms with van der Waals surface area (Å²) < 4.78 is 5.19. The molecule has 4 nitrogen and oxygen atoms in total. The smallest absolute Gasteiger partial charge is 0.285 e. The van der Waals surface area contributed by atoms with E-state index in [9.17, 15) is 9.59 Å². The molecule has 0 N–H and O–H groups in total. The Labute approximate surface area is 134 Å². The molecule has 0 atom stereocenters. The zero-order chi connectivity index (χ0) is 16.1. The van der Waals surface area contributed by atoms with Gasteiger partial charge in [-0.1, -0.05) is 30.3 Å². The molecule has 0 heterocycles. The van der Waals surface area contributed by atoms with E-state index >= 15 is 0 Å². The fraction of sp³-hybridized carbons (Fsp3) is 0.176. The fourth-order valence-electron chi connectivity index (χ4n) is 1.83. The van der Waals surface area contributed by atoms with Crippen LogP contribution in [0.1, 0.15) is 15.9 Å². The first-order chi connectivity index (χ1) is 10.5. The lowest BCUT2D eigenvalue weighted by atomic mass is 10.0. The van der Waals surface area contributed by atoms with Crippen molar-refractivity contribution in [3.63, 3.8) is 0 Å². The molecule has 0 unspecified atom stereocenters. The number of ether oxygens (including phenoxy) is 1. The Morgan fingerprint density at radius 1 is 1.05 bits per heavy atom. The van der Waals surface area contributed by atoms with Gasteiger partial charge in [-0.05, 0) is 30.0 Å². The molecule has 0 spiro atoms. The molecule has 0 aliphatic rings. The van der Waals surface area contributed by atoms with Crippen LogP contribution in [-0.2, 0) is 0 Å². The van der Waals surface area contributed by atoms with Crippen molar-refractivity contribution >= 4 is 22.8 Å². The summed E-state index contributed by atoms with van der Waals surface area (Å²) in [5, 5.41) is -0.143. The highest BCUT2D eigenvalue weighted by Gasteiger charge is 2.18. The lowest BCUT2D eigenvalue weighted by Gasteiger charge is -2.13. The minimum atomic E-state index is -0.143. The molecule has 22 heavy (non-hydrogen) atoms. The maximum atomic E-state index is 12.6. The van der Waals surface area contributed by atoms with Crippen molar-refractivity contribution in [3.8, 4) is 5.75 Å². The average molecular weight is 315 g/mol. The normalized spacial score (nSPS) is 10.1. The zero-order valence-electron chi connectivity index (χ0n) is 12.7. The highest BCUT2D eigenvalue weighted by Crippen LogP contribution is 2.30. The van der Waals surface area contributed by atoms with Gasteiger partial charge in [-0.3, -0.25) is 9.59 Å². The van der Waals surface area contributed by atoms with Gasteiger partial charge in [-0.15, -0.1) is 0 Å². The van der Waals surface area contributed by atoms with E-state index in [2.05, 4.69) is 0 Å². The Morgan fingerprint density at radius 2 is 1.73 bits per heavy atom. The largest absolute Gasteiger partial charge is 0.497 e. The van der Waals surface area contributed by atoms with Gasteiger partial charge in [-0.2, -0.15) is 0 Å².